The van der Waals surface area contributed by atoms with Crippen molar-refractivity contribution in [3.63, 3.8) is 0 Å². The van der Waals surface area contributed by atoms with Crippen molar-refractivity contribution < 1.29 is 17.9 Å². The molecule has 0 bridgehead atoms. The summed E-state index contributed by atoms with van der Waals surface area (Å²) >= 11 is 0. The largest absolute Gasteiger partial charge is 0.378 e. The lowest BCUT2D eigenvalue weighted by Gasteiger charge is -2.36. The van der Waals surface area contributed by atoms with E-state index in [9.17, 15) is 13.2 Å². The van der Waals surface area contributed by atoms with Gasteiger partial charge in [0.2, 0.25) is 0 Å². The van der Waals surface area contributed by atoms with Gasteiger partial charge in [-0.25, -0.2) is 13.8 Å². The highest BCUT2D eigenvalue weighted by Crippen LogP contribution is 2.38. The van der Waals surface area contributed by atoms with Crippen molar-refractivity contribution in [2.75, 3.05) is 16.2 Å². The zero-order valence-corrected chi connectivity index (χ0v) is 20.0. The monoisotopic (exact) mass is 473 g/mol. The Balaban J connectivity index is 1.41. The molecule has 2 N–H and O–H groups in total. The smallest absolute Gasteiger partial charge is 0.334 e. The van der Waals surface area contributed by atoms with Crippen LogP contribution in [0.5, 0.6) is 0 Å². The van der Waals surface area contributed by atoms with E-state index in [1.165, 1.54) is 21.6 Å². The maximum atomic E-state index is 13.5. The number of carbonyl (C=O) groups excluding carboxylic acids is 1. The minimum Gasteiger partial charge on any atom is -0.378 e. The number of hydrogen-bond donors (Lipinski definition) is 2. The Morgan fingerprint density at radius 1 is 1.18 bits per heavy atom. The van der Waals surface area contributed by atoms with Gasteiger partial charge in [0, 0.05) is 25.5 Å². The molecule has 0 spiro atoms. The number of amides is 2. The topological polar surface area (TPSA) is 106 Å². The number of benzene rings is 1. The summed E-state index contributed by atoms with van der Waals surface area (Å²) in [6.07, 6.45) is 10.1. The Morgan fingerprint density at radius 2 is 1.88 bits per heavy atom. The van der Waals surface area contributed by atoms with Gasteiger partial charge < -0.3 is 10.1 Å². The van der Waals surface area contributed by atoms with Crippen LogP contribution < -0.4 is 14.3 Å². The number of aromatic nitrogens is 2. The molecule has 1 aromatic carbocycles. The minimum absolute atomic E-state index is 0.0681. The molecule has 1 fully saturated rings. The summed E-state index contributed by atoms with van der Waals surface area (Å²) in [4.78, 5) is 13.0. The maximum absolute atomic E-state index is 13.5. The number of fused-ring (bicyclic) bond motifs is 2. The number of aryl methyl sites for hydroxylation is 3. The average Bonchev–Trinajstić information content (AvgIpc) is 3.48. The predicted molar refractivity (Wildman–Crippen MR) is 126 cm³/mol. The second kappa shape index (κ2) is 8.64. The van der Waals surface area contributed by atoms with Crippen LogP contribution in [-0.4, -0.2) is 43.0 Å². The van der Waals surface area contributed by atoms with Crippen LogP contribution >= 0.6 is 0 Å². The van der Waals surface area contributed by atoms with E-state index in [4.69, 9.17) is 4.74 Å². The van der Waals surface area contributed by atoms with Crippen molar-refractivity contribution in [2.24, 2.45) is 7.05 Å². The van der Waals surface area contributed by atoms with Crippen molar-refractivity contribution in [2.45, 2.75) is 70.4 Å². The molecule has 3 aliphatic rings. The Kier molecular flexibility index (Phi) is 5.82. The first kappa shape index (κ1) is 22.2. The molecule has 2 atom stereocenters. The highest BCUT2D eigenvalue weighted by molar-refractivity contribution is 7.91. The highest BCUT2D eigenvalue weighted by Gasteiger charge is 2.36. The quantitative estimate of drug-likeness (QED) is 0.695. The number of urea groups is 1. The zero-order valence-electron chi connectivity index (χ0n) is 19.1. The zero-order chi connectivity index (χ0) is 23.2. The molecule has 33 heavy (non-hydrogen) atoms. The van der Waals surface area contributed by atoms with E-state index in [0.29, 0.717) is 25.1 Å². The lowest BCUT2D eigenvalue weighted by Crippen LogP contribution is -2.52. The summed E-state index contributed by atoms with van der Waals surface area (Å²) in [6, 6.07) is 1.23. The van der Waals surface area contributed by atoms with E-state index in [1.54, 1.807) is 17.9 Å². The first-order valence-corrected chi connectivity index (χ1v) is 13.2. The lowest BCUT2D eigenvalue weighted by molar-refractivity contribution is 0.0208. The highest BCUT2D eigenvalue weighted by atomic mass is 32.2. The number of hydrogen-bond acceptors (Lipinski definition) is 5. The first-order valence-electron chi connectivity index (χ1n) is 11.7. The van der Waals surface area contributed by atoms with Gasteiger partial charge in [-0.2, -0.15) is 13.5 Å². The fourth-order valence-electron chi connectivity index (χ4n) is 5.53. The van der Waals surface area contributed by atoms with E-state index in [2.05, 4.69) is 21.2 Å². The van der Waals surface area contributed by atoms with Crippen molar-refractivity contribution in [3.05, 3.63) is 40.7 Å². The fourth-order valence-corrected chi connectivity index (χ4v) is 6.87. The van der Waals surface area contributed by atoms with Crippen LogP contribution in [-0.2, 0) is 47.7 Å². The molecule has 5 rings (SSSR count). The predicted octanol–water partition coefficient (Wildman–Crippen LogP) is 2.84. The summed E-state index contributed by atoms with van der Waals surface area (Å²) in [5.74, 6) is 0. The Bertz CT molecular complexity index is 1140. The third-order valence-corrected chi connectivity index (χ3v) is 8.40. The molecule has 9 nitrogen and oxygen atoms in total. The third-order valence-electron chi connectivity index (χ3n) is 6.93. The molecule has 0 saturated carbocycles. The molecule has 178 valence electrons. The number of nitrogens with zero attached hydrogens (tertiary/aromatic N) is 3. The third kappa shape index (κ3) is 4.33. The SMILES string of the molecule is C[C@@H]1C[C@H](N(c2cnn(C)c2)S(=O)(=O)NC(=O)Nc2c3c(cc4c2CCC4)CCC3)CCO1. The van der Waals surface area contributed by atoms with Gasteiger partial charge in [0.1, 0.15) is 0 Å². The van der Waals surface area contributed by atoms with Crippen molar-refractivity contribution in [1.29, 1.82) is 0 Å². The number of rotatable bonds is 5. The van der Waals surface area contributed by atoms with Gasteiger partial charge in [-0.15, -0.1) is 0 Å². The number of carbonyl (C=O) groups is 1. The number of ether oxygens (including phenoxy) is 1. The van der Waals surface area contributed by atoms with Gasteiger partial charge in [0.15, 0.2) is 0 Å². The van der Waals surface area contributed by atoms with Gasteiger partial charge in [-0.05, 0) is 80.5 Å². The molecule has 2 amide bonds. The van der Waals surface area contributed by atoms with Crippen LogP contribution in [0.2, 0.25) is 0 Å². The maximum Gasteiger partial charge on any atom is 0.334 e. The molecule has 0 radical (unpaired) electrons. The van der Waals surface area contributed by atoms with Crippen molar-refractivity contribution >= 4 is 27.6 Å². The van der Waals surface area contributed by atoms with Crippen LogP contribution in [0.15, 0.2) is 18.5 Å². The molecule has 1 saturated heterocycles. The second-order valence-electron chi connectivity index (χ2n) is 9.32. The van der Waals surface area contributed by atoms with Gasteiger partial charge in [0.25, 0.3) is 0 Å². The van der Waals surface area contributed by atoms with Gasteiger partial charge >= 0.3 is 16.2 Å². The molecule has 1 aliphatic heterocycles. The second-order valence-corrected chi connectivity index (χ2v) is 10.9. The molecule has 2 aromatic rings. The Morgan fingerprint density at radius 3 is 2.48 bits per heavy atom. The number of nitrogens with one attached hydrogen (secondary N) is 2. The summed E-state index contributed by atoms with van der Waals surface area (Å²) in [5, 5.41) is 7.06. The van der Waals surface area contributed by atoms with Gasteiger partial charge in [-0.3, -0.25) is 4.68 Å². The van der Waals surface area contributed by atoms with E-state index in [1.807, 2.05) is 6.92 Å². The number of anilines is 2. The Hall–Kier alpha value is -2.59. The van der Waals surface area contributed by atoms with E-state index in [0.717, 1.165) is 55.3 Å². The van der Waals surface area contributed by atoms with Crippen molar-refractivity contribution in [1.82, 2.24) is 14.5 Å². The Labute approximate surface area is 194 Å². The normalized spacial score (nSPS) is 22.0. The van der Waals surface area contributed by atoms with Crippen molar-refractivity contribution in [3.8, 4) is 0 Å². The van der Waals surface area contributed by atoms with Crippen LogP contribution in [0.1, 0.15) is 54.9 Å². The van der Waals surface area contributed by atoms with E-state index >= 15 is 0 Å². The molecule has 0 unspecified atom stereocenters. The summed E-state index contributed by atoms with van der Waals surface area (Å²) in [7, 11) is -2.44. The molecular formula is C23H31N5O4S. The first-order chi connectivity index (χ1) is 15.8. The average molecular weight is 474 g/mol. The van der Waals surface area contributed by atoms with Crippen LogP contribution in [0, 0.1) is 0 Å². The van der Waals surface area contributed by atoms with Crippen LogP contribution in [0.25, 0.3) is 0 Å². The summed E-state index contributed by atoms with van der Waals surface area (Å²) in [5.41, 5.74) is 6.12. The van der Waals surface area contributed by atoms with Crippen LogP contribution in [0.3, 0.4) is 0 Å². The van der Waals surface area contributed by atoms with E-state index in [-0.39, 0.29) is 12.1 Å². The molecular weight excluding hydrogens is 442 g/mol. The fraction of sp³-hybridized carbons (Fsp3) is 0.565. The molecule has 2 heterocycles. The van der Waals surface area contributed by atoms with Crippen LogP contribution in [0.4, 0.5) is 16.2 Å². The minimum atomic E-state index is -4.17. The molecule has 2 aliphatic carbocycles. The summed E-state index contributed by atoms with van der Waals surface area (Å²) in [6.45, 7) is 2.39. The van der Waals surface area contributed by atoms with Gasteiger partial charge in [-0.1, -0.05) is 6.07 Å². The summed E-state index contributed by atoms with van der Waals surface area (Å²) < 4.78 is 37.7. The molecule has 1 aromatic heterocycles. The van der Waals surface area contributed by atoms with E-state index < -0.39 is 16.2 Å². The molecule has 10 heteroatoms. The standard InChI is InChI=1S/C23H31N5O4S/c1-15-11-18(9-10-32-15)28(19-13-24-27(2)14-19)33(30,31)26-23(29)25-22-20-7-3-5-16(20)12-17-6-4-8-21(17)22/h12-15,18H,3-11H2,1-2H3,(H2,25,26,29)/t15-,18-/m1/s1. The van der Waals surface area contributed by atoms with Gasteiger partial charge in [0.05, 0.1) is 24.0 Å². The lowest BCUT2D eigenvalue weighted by atomic mass is 9.99.